The molecule has 0 saturated carbocycles. The number of fused-ring (bicyclic) bond motifs is 9. The van der Waals surface area contributed by atoms with Gasteiger partial charge in [-0.2, -0.15) is 0 Å². The van der Waals surface area contributed by atoms with Crippen LogP contribution in [0.3, 0.4) is 0 Å². The molecule has 2 atom stereocenters. The van der Waals surface area contributed by atoms with Crippen LogP contribution in [0.25, 0.3) is 93.2 Å². The van der Waals surface area contributed by atoms with Gasteiger partial charge in [0, 0.05) is 11.5 Å². The molecule has 0 radical (unpaired) electrons. The first-order valence-electron chi connectivity index (χ1n) is 21.0. The van der Waals surface area contributed by atoms with Gasteiger partial charge in [-0.15, -0.1) is 0 Å². The summed E-state index contributed by atoms with van der Waals surface area (Å²) in [6.07, 6.45) is 4.75. The molecular formula is C59H40O. The van der Waals surface area contributed by atoms with Gasteiger partial charge in [0.1, 0.15) is 11.9 Å². The third kappa shape index (κ3) is 5.69. The van der Waals surface area contributed by atoms with E-state index in [4.69, 9.17) is 4.74 Å². The monoisotopic (exact) mass is 764 g/mol. The summed E-state index contributed by atoms with van der Waals surface area (Å²) in [6, 6.07) is 73.5. The molecule has 1 nitrogen and oxygen atoms in total. The zero-order chi connectivity index (χ0) is 39.7. The molecule has 2 aliphatic rings. The van der Waals surface area contributed by atoms with Crippen molar-refractivity contribution in [1.29, 1.82) is 0 Å². The standard InChI is InChI=1S/C59H40O/c1-37-29-59-57(56-33-41(27-28-58(56)60-59)40-17-12-20-44(32-40)55-35-46-14-3-5-22-48(46)50-24-7-9-26-52(50)55)36-53(37)42-18-10-15-38(30-42)39-16-11-19-43(31-39)54-34-45-13-2-4-21-47(45)49-23-6-8-25-51(49)54/h2-36,57,59H,1H3. The number of hydrogen-bond donors (Lipinski definition) is 0. The Bertz CT molecular complexity index is 3440. The summed E-state index contributed by atoms with van der Waals surface area (Å²) in [7, 11) is 0. The lowest BCUT2D eigenvalue weighted by molar-refractivity contribution is 0.268. The van der Waals surface area contributed by atoms with Gasteiger partial charge in [0.25, 0.3) is 0 Å². The Kier molecular flexibility index (Phi) is 7.96. The van der Waals surface area contributed by atoms with Crippen LogP contribution in [0.2, 0.25) is 0 Å². The normalized spacial score (nSPS) is 15.8. The van der Waals surface area contributed by atoms with Crippen molar-refractivity contribution in [2.24, 2.45) is 0 Å². The van der Waals surface area contributed by atoms with Gasteiger partial charge in [-0.05, 0) is 160 Å². The number of rotatable bonds is 5. The van der Waals surface area contributed by atoms with Crippen LogP contribution in [0.5, 0.6) is 5.75 Å². The van der Waals surface area contributed by atoms with Crippen molar-refractivity contribution in [2.75, 3.05) is 0 Å². The van der Waals surface area contributed by atoms with E-state index in [1.54, 1.807) is 0 Å². The van der Waals surface area contributed by atoms with Gasteiger partial charge in [-0.25, -0.2) is 0 Å². The molecule has 0 spiro atoms. The molecule has 0 fully saturated rings. The van der Waals surface area contributed by atoms with E-state index in [1.807, 2.05) is 0 Å². The van der Waals surface area contributed by atoms with Crippen LogP contribution in [-0.2, 0) is 0 Å². The molecule has 0 N–H and O–H groups in total. The second kappa shape index (κ2) is 13.8. The van der Waals surface area contributed by atoms with Gasteiger partial charge >= 0.3 is 0 Å². The van der Waals surface area contributed by atoms with Gasteiger partial charge in [0.2, 0.25) is 0 Å². The first-order chi connectivity index (χ1) is 29.6. The molecule has 10 aromatic carbocycles. The molecule has 0 saturated heterocycles. The van der Waals surface area contributed by atoms with E-state index in [1.165, 1.54) is 110 Å². The molecule has 0 bridgehead atoms. The Balaban J connectivity index is 0.888. The summed E-state index contributed by atoms with van der Waals surface area (Å²) in [5, 5.41) is 10.2. The Morgan fingerprint density at radius 2 is 0.800 bits per heavy atom. The molecule has 60 heavy (non-hydrogen) atoms. The van der Waals surface area contributed by atoms with Gasteiger partial charge in [-0.1, -0.05) is 164 Å². The summed E-state index contributed by atoms with van der Waals surface area (Å²) >= 11 is 0. The molecular weight excluding hydrogens is 725 g/mol. The smallest absolute Gasteiger partial charge is 0.128 e. The van der Waals surface area contributed by atoms with E-state index in [2.05, 4.69) is 219 Å². The van der Waals surface area contributed by atoms with Crippen molar-refractivity contribution in [3.05, 3.63) is 229 Å². The van der Waals surface area contributed by atoms with Crippen LogP contribution in [0.1, 0.15) is 24.0 Å². The van der Waals surface area contributed by atoms with Crippen LogP contribution in [-0.4, -0.2) is 6.10 Å². The maximum atomic E-state index is 6.62. The third-order valence-electron chi connectivity index (χ3n) is 12.9. The van der Waals surface area contributed by atoms with Crippen LogP contribution >= 0.6 is 0 Å². The van der Waals surface area contributed by atoms with Crippen LogP contribution in [0.4, 0.5) is 0 Å². The van der Waals surface area contributed by atoms with E-state index in [0.29, 0.717) is 0 Å². The van der Waals surface area contributed by atoms with E-state index < -0.39 is 0 Å². The molecule has 12 rings (SSSR count). The molecule has 1 aliphatic heterocycles. The van der Waals surface area contributed by atoms with Crippen LogP contribution in [0.15, 0.2) is 218 Å². The fourth-order valence-corrected chi connectivity index (χ4v) is 9.97. The fraction of sp³-hybridized carbons (Fsp3) is 0.0508. The largest absolute Gasteiger partial charge is 0.485 e. The zero-order valence-corrected chi connectivity index (χ0v) is 33.3. The Labute approximate surface area is 350 Å². The first kappa shape index (κ1) is 34.6. The Morgan fingerprint density at radius 1 is 0.350 bits per heavy atom. The van der Waals surface area contributed by atoms with Crippen molar-refractivity contribution in [3.8, 4) is 50.3 Å². The average molecular weight is 765 g/mol. The van der Waals surface area contributed by atoms with E-state index in [-0.39, 0.29) is 12.0 Å². The van der Waals surface area contributed by atoms with Crippen LogP contribution in [0, 0.1) is 0 Å². The number of ether oxygens (including phenoxy) is 1. The molecule has 1 heteroatoms. The second-order valence-corrected chi connectivity index (χ2v) is 16.4. The summed E-state index contributed by atoms with van der Waals surface area (Å²) in [5.41, 5.74) is 14.8. The molecule has 0 aromatic heterocycles. The molecule has 2 unspecified atom stereocenters. The average Bonchev–Trinajstić information content (AvgIpc) is 3.67. The van der Waals surface area contributed by atoms with Crippen molar-refractivity contribution in [3.63, 3.8) is 0 Å². The highest BCUT2D eigenvalue weighted by Gasteiger charge is 2.35. The summed E-state index contributed by atoms with van der Waals surface area (Å²) in [5.74, 6) is 1.10. The lowest BCUT2D eigenvalue weighted by atomic mass is 9.82. The topological polar surface area (TPSA) is 9.23 Å². The van der Waals surface area contributed by atoms with Crippen molar-refractivity contribution >= 4 is 48.7 Å². The zero-order valence-electron chi connectivity index (χ0n) is 33.3. The first-order valence-corrected chi connectivity index (χ1v) is 21.0. The van der Waals surface area contributed by atoms with Gasteiger partial charge < -0.3 is 4.74 Å². The quantitative estimate of drug-likeness (QED) is 0.159. The van der Waals surface area contributed by atoms with Crippen LogP contribution < -0.4 is 4.74 Å². The summed E-state index contributed by atoms with van der Waals surface area (Å²) < 4.78 is 6.62. The van der Waals surface area contributed by atoms with Crippen molar-refractivity contribution < 1.29 is 4.74 Å². The SMILES string of the molecule is CC1=CC2Oc3ccc(-c4cccc(-c5cc6ccccc6c6ccccc56)c4)cc3C2C=C1c1cccc(-c2cccc(-c3cc4ccccc4c4ccccc34)c2)c1. The maximum absolute atomic E-state index is 6.62. The Hall–Kier alpha value is -7.48. The van der Waals surface area contributed by atoms with Gasteiger partial charge in [0.15, 0.2) is 0 Å². The Morgan fingerprint density at radius 3 is 1.37 bits per heavy atom. The number of allylic oxidation sites excluding steroid dienone is 2. The predicted molar refractivity (Wildman–Crippen MR) is 254 cm³/mol. The molecule has 0 amide bonds. The maximum Gasteiger partial charge on any atom is 0.128 e. The van der Waals surface area contributed by atoms with Crippen molar-refractivity contribution in [1.82, 2.24) is 0 Å². The lowest BCUT2D eigenvalue weighted by Crippen LogP contribution is -2.18. The minimum absolute atomic E-state index is 0.0223. The number of hydrogen-bond acceptors (Lipinski definition) is 1. The molecule has 1 heterocycles. The predicted octanol–water partition coefficient (Wildman–Crippen LogP) is 15.9. The highest BCUT2D eigenvalue weighted by atomic mass is 16.5. The minimum Gasteiger partial charge on any atom is -0.485 e. The third-order valence-corrected chi connectivity index (χ3v) is 12.9. The summed E-state index contributed by atoms with van der Waals surface area (Å²) in [6.45, 7) is 2.22. The van der Waals surface area contributed by atoms with E-state index in [9.17, 15) is 0 Å². The highest BCUT2D eigenvalue weighted by molar-refractivity contribution is 6.15. The minimum atomic E-state index is -0.0223. The van der Waals surface area contributed by atoms with Gasteiger partial charge in [-0.3, -0.25) is 0 Å². The summed E-state index contributed by atoms with van der Waals surface area (Å²) in [4.78, 5) is 0. The molecule has 10 aromatic rings. The highest BCUT2D eigenvalue weighted by Crippen LogP contribution is 2.47. The molecule has 282 valence electrons. The van der Waals surface area contributed by atoms with E-state index >= 15 is 0 Å². The lowest BCUT2D eigenvalue weighted by Gasteiger charge is -2.23. The number of benzene rings is 10. The molecule has 1 aliphatic carbocycles. The van der Waals surface area contributed by atoms with Crippen molar-refractivity contribution in [2.45, 2.75) is 18.9 Å². The second-order valence-electron chi connectivity index (χ2n) is 16.4. The van der Waals surface area contributed by atoms with Gasteiger partial charge in [0.05, 0.1) is 0 Å². The van der Waals surface area contributed by atoms with E-state index in [0.717, 1.165) is 5.75 Å². The fourth-order valence-electron chi connectivity index (χ4n) is 9.97.